The van der Waals surface area contributed by atoms with Gasteiger partial charge in [0.25, 0.3) is 0 Å². The van der Waals surface area contributed by atoms with Gasteiger partial charge in [0.15, 0.2) is 0 Å². The van der Waals surface area contributed by atoms with Crippen LogP contribution in [0.3, 0.4) is 0 Å². The van der Waals surface area contributed by atoms with Gasteiger partial charge >= 0.3 is 11.9 Å². The second-order valence-electron chi connectivity index (χ2n) is 2.13. The van der Waals surface area contributed by atoms with Crippen molar-refractivity contribution >= 4 is 11.9 Å². The highest BCUT2D eigenvalue weighted by atomic mass is 16.6. The van der Waals surface area contributed by atoms with E-state index in [1.807, 2.05) is 6.92 Å². The topological polar surface area (TPSA) is 43.4 Å². The lowest BCUT2D eigenvalue weighted by atomic mass is 10.1. The maximum Gasteiger partial charge on any atom is 0.342 e. The lowest BCUT2D eigenvalue weighted by Gasteiger charge is -1.91. The van der Waals surface area contributed by atoms with Crippen molar-refractivity contribution in [1.82, 2.24) is 0 Å². The zero-order valence-electron chi connectivity index (χ0n) is 5.72. The molecule has 0 unspecified atom stereocenters. The molecule has 0 aromatic heterocycles. The normalized spacial score (nSPS) is 17.1. The summed E-state index contributed by atoms with van der Waals surface area (Å²) in [5, 5.41) is 0. The van der Waals surface area contributed by atoms with Gasteiger partial charge in [0, 0.05) is 11.6 Å². The van der Waals surface area contributed by atoms with Crippen LogP contribution in [-0.2, 0) is 14.3 Å². The molecular weight excluding hydrogens is 132 g/mol. The highest BCUT2D eigenvalue weighted by molar-refractivity contribution is 6.08. The molecule has 0 spiro atoms. The summed E-state index contributed by atoms with van der Waals surface area (Å²) in [4.78, 5) is 21.1. The Hall–Kier alpha value is -1.12. The van der Waals surface area contributed by atoms with E-state index in [4.69, 9.17) is 0 Å². The van der Waals surface area contributed by atoms with Gasteiger partial charge in [-0.2, -0.15) is 0 Å². The number of hydrogen-bond donors (Lipinski definition) is 0. The van der Waals surface area contributed by atoms with Gasteiger partial charge in [-0.25, -0.2) is 9.59 Å². The molecular formula is C7H8O3. The minimum atomic E-state index is -0.534. The molecule has 0 saturated heterocycles. The Kier molecular flexibility index (Phi) is 1.85. The van der Waals surface area contributed by atoms with Crippen LogP contribution in [0.2, 0.25) is 0 Å². The number of carbonyl (C=O) groups excluding carboxylic acids is 2. The van der Waals surface area contributed by atoms with Crippen molar-refractivity contribution in [3.05, 3.63) is 11.6 Å². The van der Waals surface area contributed by atoms with Crippen molar-refractivity contribution < 1.29 is 14.3 Å². The Labute approximate surface area is 58.7 Å². The molecule has 0 fully saturated rings. The number of cyclic esters (lactones) is 2. The van der Waals surface area contributed by atoms with Crippen molar-refractivity contribution in [1.29, 1.82) is 0 Å². The Balaban J connectivity index is 2.65. The molecule has 0 aromatic rings. The molecule has 1 aliphatic rings. The quantitative estimate of drug-likeness (QED) is 0.421. The molecule has 1 heterocycles. The standard InChI is InChI=1S/C7H8O3/c1-2-3-5-4-6(8)10-7(5)9/h4H,2-3H2,1H3. The summed E-state index contributed by atoms with van der Waals surface area (Å²) in [7, 11) is 0. The fourth-order valence-electron chi connectivity index (χ4n) is 0.831. The molecule has 1 aliphatic heterocycles. The fraction of sp³-hybridized carbons (Fsp3) is 0.429. The van der Waals surface area contributed by atoms with Crippen molar-refractivity contribution in [2.45, 2.75) is 19.8 Å². The summed E-state index contributed by atoms with van der Waals surface area (Å²) >= 11 is 0. The van der Waals surface area contributed by atoms with Crippen LogP contribution in [0.1, 0.15) is 19.8 Å². The first-order valence-electron chi connectivity index (χ1n) is 3.20. The van der Waals surface area contributed by atoms with E-state index in [-0.39, 0.29) is 0 Å². The largest absolute Gasteiger partial charge is 0.386 e. The summed E-state index contributed by atoms with van der Waals surface area (Å²) in [6.07, 6.45) is 2.74. The molecule has 0 aliphatic carbocycles. The maximum atomic E-state index is 10.7. The van der Waals surface area contributed by atoms with Crippen LogP contribution in [0.4, 0.5) is 0 Å². The van der Waals surface area contributed by atoms with Crippen LogP contribution in [0.15, 0.2) is 11.6 Å². The smallest absolute Gasteiger partial charge is 0.342 e. The Morgan fingerprint density at radius 2 is 2.20 bits per heavy atom. The number of carbonyl (C=O) groups is 2. The third-order valence-corrected chi connectivity index (χ3v) is 1.27. The molecule has 0 saturated carbocycles. The van der Waals surface area contributed by atoms with Crippen LogP contribution in [-0.4, -0.2) is 11.9 Å². The second-order valence-corrected chi connectivity index (χ2v) is 2.13. The third-order valence-electron chi connectivity index (χ3n) is 1.27. The van der Waals surface area contributed by atoms with Crippen molar-refractivity contribution in [3.8, 4) is 0 Å². The van der Waals surface area contributed by atoms with Crippen molar-refractivity contribution in [2.75, 3.05) is 0 Å². The van der Waals surface area contributed by atoms with E-state index >= 15 is 0 Å². The van der Waals surface area contributed by atoms with Crippen molar-refractivity contribution in [2.24, 2.45) is 0 Å². The van der Waals surface area contributed by atoms with Crippen LogP contribution in [0.25, 0.3) is 0 Å². The molecule has 0 bridgehead atoms. The van der Waals surface area contributed by atoms with Gasteiger partial charge in [0.2, 0.25) is 0 Å². The van der Waals surface area contributed by atoms with Gasteiger partial charge in [0.05, 0.1) is 0 Å². The average molecular weight is 140 g/mol. The molecule has 10 heavy (non-hydrogen) atoms. The van der Waals surface area contributed by atoms with Gasteiger partial charge in [0.1, 0.15) is 0 Å². The third kappa shape index (κ3) is 1.23. The number of ether oxygens (including phenoxy) is 1. The van der Waals surface area contributed by atoms with E-state index in [2.05, 4.69) is 4.74 Å². The maximum absolute atomic E-state index is 10.7. The molecule has 0 atom stereocenters. The average Bonchev–Trinajstić information content (AvgIpc) is 2.13. The van der Waals surface area contributed by atoms with Crippen LogP contribution >= 0.6 is 0 Å². The van der Waals surface area contributed by atoms with Crippen LogP contribution in [0, 0.1) is 0 Å². The molecule has 1 rings (SSSR count). The fourth-order valence-corrected chi connectivity index (χ4v) is 0.831. The van der Waals surface area contributed by atoms with Crippen LogP contribution < -0.4 is 0 Å². The minimum Gasteiger partial charge on any atom is -0.386 e. The monoisotopic (exact) mass is 140 g/mol. The number of hydrogen-bond acceptors (Lipinski definition) is 3. The van der Waals surface area contributed by atoms with E-state index in [1.54, 1.807) is 0 Å². The van der Waals surface area contributed by atoms with Gasteiger partial charge in [-0.05, 0) is 6.42 Å². The molecule has 0 amide bonds. The molecule has 0 N–H and O–H groups in total. The number of esters is 2. The second kappa shape index (κ2) is 2.64. The summed E-state index contributed by atoms with van der Waals surface area (Å²) < 4.78 is 4.26. The summed E-state index contributed by atoms with van der Waals surface area (Å²) in [6, 6.07) is 0. The van der Waals surface area contributed by atoms with Crippen molar-refractivity contribution in [3.63, 3.8) is 0 Å². The Morgan fingerprint density at radius 1 is 1.50 bits per heavy atom. The van der Waals surface area contributed by atoms with Gasteiger partial charge < -0.3 is 4.74 Å². The predicted molar refractivity (Wildman–Crippen MR) is 34.1 cm³/mol. The Bertz CT molecular complexity index is 203. The zero-order valence-corrected chi connectivity index (χ0v) is 5.72. The predicted octanol–water partition coefficient (Wildman–Crippen LogP) is 0.796. The van der Waals surface area contributed by atoms with Crippen LogP contribution in [0.5, 0.6) is 0 Å². The highest BCUT2D eigenvalue weighted by Gasteiger charge is 2.21. The zero-order chi connectivity index (χ0) is 7.56. The van der Waals surface area contributed by atoms with Gasteiger partial charge in [-0.15, -0.1) is 0 Å². The SMILES string of the molecule is CCCC1=CC(=O)OC1=O. The summed E-state index contributed by atoms with van der Waals surface area (Å²) in [5.74, 6) is -1.01. The van der Waals surface area contributed by atoms with E-state index in [0.717, 1.165) is 6.42 Å². The first kappa shape index (κ1) is 6.99. The van der Waals surface area contributed by atoms with Gasteiger partial charge in [-0.1, -0.05) is 13.3 Å². The first-order chi connectivity index (χ1) is 4.74. The lowest BCUT2D eigenvalue weighted by Crippen LogP contribution is -2.01. The molecule has 3 heteroatoms. The number of rotatable bonds is 2. The molecule has 0 radical (unpaired) electrons. The molecule has 3 nitrogen and oxygen atoms in total. The molecule has 0 aromatic carbocycles. The van der Waals surface area contributed by atoms with E-state index < -0.39 is 11.9 Å². The van der Waals surface area contributed by atoms with Gasteiger partial charge in [-0.3, -0.25) is 0 Å². The van der Waals surface area contributed by atoms with E-state index in [9.17, 15) is 9.59 Å². The Morgan fingerprint density at radius 3 is 2.60 bits per heavy atom. The van der Waals surface area contributed by atoms with E-state index in [1.165, 1.54) is 6.08 Å². The summed E-state index contributed by atoms with van der Waals surface area (Å²) in [5.41, 5.74) is 0.493. The summed E-state index contributed by atoms with van der Waals surface area (Å²) in [6.45, 7) is 1.94. The minimum absolute atomic E-state index is 0.480. The first-order valence-corrected chi connectivity index (χ1v) is 3.20. The highest BCUT2D eigenvalue weighted by Crippen LogP contribution is 2.13. The molecule has 54 valence electrons. The van der Waals surface area contributed by atoms with E-state index in [0.29, 0.717) is 12.0 Å². The lowest BCUT2D eigenvalue weighted by molar-refractivity contribution is -0.150.